The third-order valence-corrected chi connectivity index (χ3v) is 4.18. The fourth-order valence-corrected chi connectivity index (χ4v) is 2.63. The van der Waals surface area contributed by atoms with Crippen molar-refractivity contribution >= 4 is 17.7 Å². The predicted octanol–water partition coefficient (Wildman–Crippen LogP) is 5.09. The van der Waals surface area contributed by atoms with E-state index in [9.17, 15) is 9.70 Å². The monoisotopic (exact) mass is 315 g/mol. The van der Waals surface area contributed by atoms with Gasteiger partial charge in [0.2, 0.25) is 0 Å². The molecule has 1 atom stereocenters. The first-order chi connectivity index (χ1) is 10.6. The van der Waals surface area contributed by atoms with Crippen LogP contribution in [0.1, 0.15) is 18.9 Å². The van der Waals surface area contributed by atoms with Crippen molar-refractivity contribution < 1.29 is 4.79 Å². The first kappa shape index (κ1) is 18.1. The average molecular weight is 315 g/mol. The van der Waals surface area contributed by atoms with E-state index in [0.717, 1.165) is 5.75 Å². The molecule has 2 aromatic rings. The Labute approximate surface area is 136 Å². The Morgan fingerprint density at radius 2 is 1.59 bits per heavy atom. The SMILES string of the molecule is CC(CSc1ccccc1)CC(=O)N=O.Cc1ccccc1. The van der Waals surface area contributed by atoms with Gasteiger partial charge >= 0.3 is 0 Å². The molecule has 1 amide bonds. The number of thioether (sulfide) groups is 1. The summed E-state index contributed by atoms with van der Waals surface area (Å²) in [6, 6.07) is 20.2. The van der Waals surface area contributed by atoms with E-state index in [4.69, 9.17) is 0 Å². The maximum absolute atomic E-state index is 10.7. The maximum Gasteiger partial charge on any atom is 0.286 e. The topological polar surface area (TPSA) is 46.5 Å². The van der Waals surface area contributed by atoms with Crippen molar-refractivity contribution in [3.63, 3.8) is 0 Å². The van der Waals surface area contributed by atoms with Gasteiger partial charge in [0.15, 0.2) is 0 Å². The summed E-state index contributed by atoms with van der Waals surface area (Å²) in [5.41, 5.74) is 1.32. The number of aryl methyl sites for hydroxylation is 1. The van der Waals surface area contributed by atoms with Gasteiger partial charge in [-0.3, -0.25) is 4.79 Å². The van der Waals surface area contributed by atoms with Crippen LogP contribution in [0.4, 0.5) is 0 Å². The molecule has 0 saturated heterocycles. The highest BCUT2D eigenvalue weighted by atomic mass is 32.2. The maximum atomic E-state index is 10.7. The van der Waals surface area contributed by atoms with Crippen molar-refractivity contribution in [2.45, 2.75) is 25.2 Å². The Morgan fingerprint density at radius 1 is 1.05 bits per heavy atom. The first-order valence-corrected chi connectivity index (χ1v) is 8.16. The molecular formula is C18H21NO2S. The lowest BCUT2D eigenvalue weighted by molar-refractivity contribution is -0.118. The van der Waals surface area contributed by atoms with E-state index in [1.807, 2.05) is 55.5 Å². The summed E-state index contributed by atoms with van der Waals surface area (Å²) in [6.45, 7) is 4.03. The van der Waals surface area contributed by atoms with E-state index in [1.54, 1.807) is 11.8 Å². The molecule has 3 nitrogen and oxygen atoms in total. The summed E-state index contributed by atoms with van der Waals surface area (Å²) >= 11 is 1.69. The number of benzene rings is 2. The minimum absolute atomic E-state index is 0.181. The van der Waals surface area contributed by atoms with Crippen LogP contribution in [0.5, 0.6) is 0 Å². The zero-order valence-corrected chi connectivity index (χ0v) is 13.8. The van der Waals surface area contributed by atoms with Crippen molar-refractivity contribution in [2.75, 3.05) is 5.75 Å². The lowest BCUT2D eigenvalue weighted by Crippen LogP contribution is -2.04. The van der Waals surface area contributed by atoms with Crippen LogP contribution in [0.2, 0.25) is 0 Å². The Balaban J connectivity index is 0.000000287. The molecule has 1 unspecified atom stereocenters. The van der Waals surface area contributed by atoms with Crippen LogP contribution in [-0.2, 0) is 4.79 Å². The lowest BCUT2D eigenvalue weighted by atomic mass is 10.1. The lowest BCUT2D eigenvalue weighted by Gasteiger charge is -2.07. The number of carbonyl (C=O) groups is 1. The van der Waals surface area contributed by atoms with E-state index in [2.05, 4.69) is 24.2 Å². The Kier molecular flexibility index (Phi) is 8.84. The van der Waals surface area contributed by atoms with Crippen LogP contribution in [0, 0.1) is 17.7 Å². The van der Waals surface area contributed by atoms with Crippen LogP contribution < -0.4 is 0 Å². The van der Waals surface area contributed by atoms with E-state index in [-0.39, 0.29) is 12.3 Å². The van der Waals surface area contributed by atoms with Gasteiger partial charge in [0.1, 0.15) is 0 Å². The largest absolute Gasteiger partial charge is 0.286 e. The smallest absolute Gasteiger partial charge is 0.269 e. The number of rotatable bonds is 5. The Bertz CT molecular complexity index is 558. The molecule has 22 heavy (non-hydrogen) atoms. The van der Waals surface area contributed by atoms with Crippen molar-refractivity contribution in [1.82, 2.24) is 0 Å². The summed E-state index contributed by atoms with van der Waals surface area (Å²) in [5.74, 6) is 0.446. The molecule has 0 heterocycles. The van der Waals surface area contributed by atoms with Gasteiger partial charge < -0.3 is 0 Å². The van der Waals surface area contributed by atoms with E-state index >= 15 is 0 Å². The fraction of sp³-hybridized carbons (Fsp3) is 0.278. The second kappa shape index (κ2) is 10.7. The molecular weight excluding hydrogens is 294 g/mol. The number of carbonyl (C=O) groups excluding carboxylic acids is 1. The molecule has 0 aliphatic rings. The highest BCUT2D eigenvalue weighted by Crippen LogP contribution is 2.21. The van der Waals surface area contributed by atoms with Crippen LogP contribution >= 0.6 is 11.8 Å². The van der Waals surface area contributed by atoms with Crippen molar-refractivity contribution in [1.29, 1.82) is 0 Å². The Morgan fingerprint density at radius 3 is 2.05 bits per heavy atom. The van der Waals surface area contributed by atoms with Crippen LogP contribution in [0.3, 0.4) is 0 Å². The zero-order valence-electron chi connectivity index (χ0n) is 12.9. The molecule has 0 bridgehead atoms. The fourth-order valence-electron chi connectivity index (χ4n) is 1.68. The van der Waals surface area contributed by atoms with Crippen molar-refractivity contribution in [3.05, 3.63) is 71.1 Å². The van der Waals surface area contributed by atoms with Crippen molar-refractivity contribution in [3.8, 4) is 0 Å². The molecule has 0 spiro atoms. The molecule has 0 saturated carbocycles. The summed E-state index contributed by atoms with van der Waals surface area (Å²) in [6.07, 6.45) is 0.239. The number of nitroso groups, excluding NO2 is 1. The van der Waals surface area contributed by atoms with Gasteiger partial charge in [0, 0.05) is 22.2 Å². The summed E-state index contributed by atoms with van der Waals surface area (Å²) in [4.78, 5) is 21.8. The van der Waals surface area contributed by atoms with Crippen molar-refractivity contribution in [2.24, 2.45) is 11.1 Å². The minimum atomic E-state index is -0.559. The highest BCUT2D eigenvalue weighted by molar-refractivity contribution is 7.99. The third kappa shape index (κ3) is 8.37. The molecule has 116 valence electrons. The quantitative estimate of drug-likeness (QED) is 0.570. The average Bonchev–Trinajstić information content (AvgIpc) is 2.55. The minimum Gasteiger partial charge on any atom is -0.269 e. The van der Waals surface area contributed by atoms with E-state index in [1.165, 1.54) is 10.5 Å². The number of hydrogen-bond donors (Lipinski definition) is 0. The molecule has 0 N–H and O–H groups in total. The third-order valence-electron chi connectivity index (χ3n) is 2.84. The normalized spacial score (nSPS) is 11.0. The Hall–Kier alpha value is -1.94. The molecule has 0 aliphatic heterocycles. The van der Waals surface area contributed by atoms with Gasteiger partial charge in [-0.25, -0.2) is 0 Å². The molecule has 0 radical (unpaired) electrons. The van der Waals surface area contributed by atoms with Gasteiger partial charge in [-0.2, -0.15) is 0 Å². The second-order valence-electron chi connectivity index (χ2n) is 5.07. The van der Waals surface area contributed by atoms with E-state index in [0.29, 0.717) is 0 Å². The van der Waals surface area contributed by atoms with Crippen LogP contribution in [0.15, 0.2) is 70.7 Å². The van der Waals surface area contributed by atoms with E-state index < -0.39 is 5.91 Å². The first-order valence-electron chi connectivity index (χ1n) is 7.17. The van der Waals surface area contributed by atoms with Gasteiger partial charge in [-0.05, 0) is 25.0 Å². The molecule has 4 heteroatoms. The summed E-state index contributed by atoms with van der Waals surface area (Å²) in [7, 11) is 0. The van der Waals surface area contributed by atoms with Crippen LogP contribution in [0.25, 0.3) is 0 Å². The molecule has 2 rings (SSSR count). The van der Waals surface area contributed by atoms with Gasteiger partial charge in [-0.15, -0.1) is 16.7 Å². The second-order valence-corrected chi connectivity index (χ2v) is 6.17. The van der Waals surface area contributed by atoms with Gasteiger partial charge in [-0.1, -0.05) is 61.0 Å². The molecule has 2 aromatic carbocycles. The standard InChI is InChI=1S/C11H13NO2S.C7H8/c1-9(7-11(13)12-14)8-15-10-5-3-2-4-6-10;1-7-5-3-2-4-6-7/h2-6,9H,7-8H2,1H3;2-6H,1H3. The number of nitrogens with zero attached hydrogens (tertiary/aromatic N) is 1. The molecule has 0 aliphatic carbocycles. The van der Waals surface area contributed by atoms with Gasteiger partial charge in [0.25, 0.3) is 5.91 Å². The zero-order chi connectivity index (χ0) is 16.2. The predicted molar refractivity (Wildman–Crippen MR) is 92.9 cm³/mol. The highest BCUT2D eigenvalue weighted by Gasteiger charge is 2.09. The summed E-state index contributed by atoms with van der Waals surface area (Å²) < 4.78 is 0. The molecule has 0 aromatic heterocycles. The number of hydrogen-bond acceptors (Lipinski definition) is 3. The molecule has 0 fully saturated rings. The number of amides is 1. The van der Waals surface area contributed by atoms with Crippen LogP contribution in [-0.4, -0.2) is 11.7 Å². The summed E-state index contributed by atoms with van der Waals surface area (Å²) in [5, 5.41) is 2.39. The van der Waals surface area contributed by atoms with Gasteiger partial charge in [0.05, 0.1) is 0 Å².